The zero-order valence-corrected chi connectivity index (χ0v) is 14.4. The Morgan fingerprint density at radius 1 is 1.35 bits per heavy atom. The fraction of sp³-hybridized carbons (Fsp3) is 0.824. The topological polar surface area (TPSA) is 24.9 Å². The fourth-order valence-electron chi connectivity index (χ4n) is 4.08. The zero-order valence-electron chi connectivity index (χ0n) is 13.5. The fourth-order valence-corrected chi connectivity index (χ4v) is 5.35. The Bertz CT molecular complexity index is 501. The molecular formula is C17H28N2S. The lowest BCUT2D eigenvalue weighted by atomic mass is 9.86. The highest BCUT2D eigenvalue weighted by Gasteiger charge is 2.53. The summed E-state index contributed by atoms with van der Waals surface area (Å²) < 4.78 is 0. The molecule has 2 aliphatic carbocycles. The van der Waals surface area contributed by atoms with Gasteiger partial charge in [-0.2, -0.15) is 0 Å². The molecule has 0 aromatic carbocycles. The first kappa shape index (κ1) is 14.5. The second-order valence-corrected chi connectivity index (χ2v) is 8.91. The second-order valence-electron chi connectivity index (χ2n) is 7.71. The van der Waals surface area contributed by atoms with E-state index in [2.05, 4.69) is 39.9 Å². The Morgan fingerprint density at radius 3 is 2.50 bits per heavy atom. The summed E-state index contributed by atoms with van der Waals surface area (Å²) in [5.74, 6) is 0.674. The summed E-state index contributed by atoms with van der Waals surface area (Å²) in [6.45, 7) is 11.7. The Hall–Kier alpha value is -0.410. The number of hydrogen-bond donors (Lipinski definition) is 1. The Balaban J connectivity index is 2.00. The van der Waals surface area contributed by atoms with Crippen LogP contribution in [0.1, 0.15) is 69.0 Å². The van der Waals surface area contributed by atoms with E-state index in [-0.39, 0.29) is 5.54 Å². The SMILES string of the molecule is CCc1nc(C2(NC3CC3)CC(C)(C)CC2C)sc1C. The molecule has 2 aliphatic rings. The average Bonchev–Trinajstić information content (AvgIpc) is 3.01. The van der Waals surface area contributed by atoms with Gasteiger partial charge >= 0.3 is 0 Å². The Morgan fingerprint density at radius 2 is 2.05 bits per heavy atom. The van der Waals surface area contributed by atoms with Crippen LogP contribution in [-0.4, -0.2) is 11.0 Å². The smallest absolute Gasteiger partial charge is 0.114 e. The minimum absolute atomic E-state index is 0.132. The number of nitrogens with one attached hydrogen (secondary N) is 1. The van der Waals surface area contributed by atoms with Crippen LogP contribution in [0, 0.1) is 18.3 Å². The van der Waals surface area contributed by atoms with E-state index in [1.165, 1.54) is 41.3 Å². The minimum Gasteiger partial charge on any atom is -0.302 e. The molecule has 1 aromatic heterocycles. The van der Waals surface area contributed by atoms with Crippen LogP contribution in [0.3, 0.4) is 0 Å². The summed E-state index contributed by atoms with van der Waals surface area (Å²) in [4.78, 5) is 6.45. The van der Waals surface area contributed by atoms with Gasteiger partial charge in [-0.25, -0.2) is 4.98 Å². The number of nitrogens with zero attached hydrogens (tertiary/aromatic N) is 1. The van der Waals surface area contributed by atoms with E-state index < -0.39 is 0 Å². The highest BCUT2D eigenvalue weighted by atomic mass is 32.1. The molecule has 1 aromatic rings. The molecule has 2 unspecified atom stereocenters. The lowest BCUT2D eigenvalue weighted by molar-refractivity contribution is 0.247. The quantitative estimate of drug-likeness (QED) is 0.888. The van der Waals surface area contributed by atoms with Gasteiger partial charge in [0.05, 0.1) is 11.2 Å². The van der Waals surface area contributed by atoms with Gasteiger partial charge in [-0.1, -0.05) is 27.7 Å². The maximum absolute atomic E-state index is 5.04. The van der Waals surface area contributed by atoms with Gasteiger partial charge in [0.1, 0.15) is 5.01 Å². The first-order chi connectivity index (χ1) is 9.36. The van der Waals surface area contributed by atoms with Crippen molar-refractivity contribution in [3.63, 3.8) is 0 Å². The van der Waals surface area contributed by atoms with E-state index in [1.54, 1.807) is 0 Å². The summed E-state index contributed by atoms with van der Waals surface area (Å²) >= 11 is 1.94. The summed E-state index contributed by atoms with van der Waals surface area (Å²) in [6, 6.07) is 0.737. The van der Waals surface area contributed by atoms with Gasteiger partial charge in [0, 0.05) is 10.9 Å². The van der Waals surface area contributed by atoms with Gasteiger partial charge in [-0.05, 0) is 50.4 Å². The molecule has 0 amide bonds. The molecule has 3 rings (SSSR count). The van der Waals surface area contributed by atoms with Crippen LogP contribution < -0.4 is 5.32 Å². The van der Waals surface area contributed by atoms with Gasteiger partial charge in [-0.15, -0.1) is 11.3 Å². The first-order valence-corrected chi connectivity index (χ1v) is 8.92. The van der Waals surface area contributed by atoms with Gasteiger partial charge in [0.15, 0.2) is 0 Å². The van der Waals surface area contributed by atoms with Crippen LogP contribution in [0.5, 0.6) is 0 Å². The third kappa shape index (κ3) is 2.43. The number of rotatable bonds is 4. The van der Waals surface area contributed by atoms with Gasteiger partial charge in [-0.3, -0.25) is 0 Å². The molecule has 20 heavy (non-hydrogen) atoms. The molecule has 1 N–H and O–H groups in total. The molecule has 2 fully saturated rings. The van der Waals surface area contributed by atoms with Crippen molar-refractivity contribution in [2.24, 2.45) is 11.3 Å². The molecule has 0 radical (unpaired) electrons. The standard InChI is InChI=1S/C17H28N2S/c1-6-14-12(3)20-15(18-14)17(19-13-7-8-13)10-16(4,5)9-11(17)2/h11,13,19H,6-10H2,1-5H3. The van der Waals surface area contributed by atoms with Crippen molar-refractivity contribution in [3.05, 3.63) is 15.6 Å². The van der Waals surface area contributed by atoms with Crippen molar-refractivity contribution in [1.29, 1.82) is 0 Å². The molecule has 1 heterocycles. The lowest BCUT2D eigenvalue weighted by Crippen LogP contribution is -2.46. The highest BCUT2D eigenvalue weighted by molar-refractivity contribution is 7.11. The summed E-state index contributed by atoms with van der Waals surface area (Å²) in [5.41, 5.74) is 1.86. The van der Waals surface area contributed by atoms with Crippen molar-refractivity contribution in [3.8, 4) is 0 Å². The lowest BCUT2D eigenvalue weighted by Gasteiger charge is -2.34. The number of hydrogen-bond acceptors (Lipinski definition) is 3. The van der Waals surface area contributed by atoms with Crippen LogP contribution in [0.4, 0.5) is 0 Å². The van der Waals surface area contributed by atoms with E-state index in [1.807, 2.05) is 11.3 Å². The normalized spacial score (nSPS) is 32.8. The summed E-state index contributed by atoms with van der Waals surface area (Å²) in [7, 11) is 0. The average molecular weight is 292 g/mol. The maximum Gasteiger partial charge on any atom is 0.114 e. The van der Waals surface area contributed by atoms with Gasteiger partial charge in [0.25, 0.3) is 0 Å². The molecule has 2 nitrogen and oxygen atoms in total. The minimum atomic E-state index is 0.132. The van der Waals surface area contributed by atoms with E-state index in [4.69, 9.17) is 4.98 Å². The van der Waals surface area contributed by atoms with Crippen molar-refractivity contribution in [2.45, 2.75) is 78.3 Å². The number of aromatic nitrogens is 1. The summed E-state index contributed by atoms with van der Waals surface area (Å²) in [6.07, 6.45) is 6.28. The van der Waals surface area contributed by atoms with Gasteiger partial charge in [0.2, 0.25) is 0 Å². The summed E-state index contributed by atoms with van der Waals surface area (Å²) in [5, 5.41) is 5.36. The number of aryl methyl sites for hydroxylation is 2. The van der Waals surface area contributed by atoms with Crippen molar-refractivity contribution >= 4 is 11.3 Å². The van der Waals surface area contributed by atoms with Crippen molar-refractivity contribution in [2.75, 3.05) is 0 Å². The largest absolute Gasteiger partial charge is 0.302 e. The molecule has 0 saturated heterocycles. The van der Waals surface area contributed by atoms with E-state index >= 15 is 0 Å². The molecule has 0 bridgehead atoms. The van der Waals surface area contributed by atoms with E-state index in [0.717, 1.165) is 12.5 Å². The Labute approximate surface area is 127 Å². The monoisotopic (exact) mass is 292 g/mol. The molecular weight excluding hydrogens is 264 g/mol. The Kier molecular flexibility index (Phi) is 3.49. The maximum atomic E-state index is 5.04. The van der Waals surface area contributed by atoms with Crippen LogP contribution >= 0.6 is 11.3 Å². The van der Waals surface area contributed by atoms with Crippen molar-refractivity contribution < 1.29 is 0 Å². The predicted octanol–water partition coefficient (Wildman–Crippen LogP) is 4.42. The van der Waals surface area contributed by atoms with E-state index in [9.17, 15) is 0 Å². The third-order valence-electron chi connectivity index (χ3n) is 5.11. The highest BCUT2D eigenvalue weighted by Crippen LogP contribution is 2.54. The second kappa shape index (κ2) is 4.81. The molecule has 0 spiro atoms. The third-order valence-corrected chi connectivity index (χ3v) is 6.30. The number of thiazole rings is 1. The molecule has 0 aliphatic heterocycles. The van der Waals surface area contributed by atoms with Crippen LogP contribution in [0.25, 0.3) is 0 Å². The van der Waals surface area contributed by atoms with Crippen LogP contribution in [0.2, 0.25) is 0 Å². The predicted molar refractivity (Wildman–Crippen MR) is 86.2 cm³/mol. The van der Waals surface area contributed by atoms with Crippen LogP contribution in [-0.2, 0) is 12.0 Å². The van der Waals surface area contributed by atoms with E-state index in [0.29, 0.717) is 11.3 Å². The zero-order chi connectivity index (χ0) is 14.5. The molecule has 3 heteroatoms. The van der Waals surface area contributed by atoms with Crippen molar-refractivity contribution in [1.82, 2.24) is 10.3 Å². The molecule has 2 saturated carbocycles. The molecule has 112 valence electrons. The first-order valence-electron chi connectivity index (χ1n) is 8.11. The van der Waals surface area contributed by atoms with Crippen LogP contribution in [0.15, 0.2) is 0 Å². The molecule has 2 atom stereocenters. The van der Waals surface area contributed by atoms with Gasteiger partial charge < -0.3 is 5.32 Å².